The first-order chi connectivity index (χ1) is 6.31. The number of methoxy groups -OCH3 is 1. The van der Waals surface area contributed by atoms with Crippen molar-refractivity contribution in [3.05, 3.63) is 30.2 Å². The first-order valence-electron chi connectivity index (χ1n) is 3.77. The highest BCUT2D eigenvalue weighted by molar-refractivity contribution is 5.94. The molecule has 0 spiro atoms. The van der Waals surface area contributed by atoms with E-state index >= 15 is 0 Å². The van der Waals surface area contributed by atoms with E-state index in [9.17, 15) is 0 Å². The van der Waals surface area contributed by atoms with E-state index in [2.05, 4.69) is 4.98 Å². The van der Waals surface area contributed by atoms with E-state index in [1.165, 1.54) is 13.5 Å². The predicted molar refractivity (Wildman–Crippen MR) is 47.8 cm³/mol. The molecule has 0 bridgehead atoms. The molecule has 2 rings (SSSR count). The third kappa shape index (κ3) is 1.26. The third-order valence-electron chi connectivity index (χ3n) is 1.80. The molecule has 0 atom stereocenters. The number of fused-ring (bicyclic) bond motifs is 1. The van der Waals surface area contributed by atoms with Crippen LogP contribution in [0.2, 0.25) is 0 Å². The van der Waals surface area contributed by atoms with Gasteiger partial charge in [-0.2, -0.15) is 0 Å². The van der Waals surface area contributed by atoms with Gasteiger partial charge >= 0.3 is 0 Å². The number of hydrogen-bond donors (Lipinski definition) is 1. The summed E-state index contributed by atoms with van der Waals surface area (Å²) in [4.78, 5) is 3.97. The third-order valence-corrected chi connectivity index (χ3v) is 1.80. The van der Waals surface area contributed by atoms with E-state index in [4.69, 9.17) is 14.6 Å². The number of hydrogen-bond acceptors (Lipinski definition) is 4. The Kier molecular flexibility index (Phi) is 1.73. The molecule has 0 aliphatic carbocycles. The number of oxazole rings is 1. The van der Waals surface area contributed by atoms with Crippen molar-refractivity contribution in [2.75, 3.05) is 7.11 Å². The van der Waals surface area contributed by atoms with Crippen molar-refractivity contribution in [2.24, 2.45) is 0 Å². The molecule has 2 aromatic rings. The van der Waals surface area contributed by atoms with Crippen LogP contribution < -0.4 is 0 Å². The minimum absolute atomic E-state index is 0.123. The fraction of sp³-hybridized carbons (Fsp3) is 0.111. The van der Waals surface area contributed by atoms with Gasteiger partial charge in [-0.1, -0.05) is 0 Å². The van der Waals surface area contributed by atoms with Crippen molar-refractivity contribution in [1.82, 2.24) is 4.98 Å². The zero-order chi connectivity index (χ0) is 9.26. The van der Waals surface area contributed by atoms with Gasteiger partial charge in [0.05, 0.1) is 7.11 Å². The van der Waals surface area contributed by atoms with Gasteiger partial charge < -0.3 is 9.15 Å². The van der Waals surface area contributed by atoms with Crippen LogP contribution in [0, 0.1) is 5.41 Å². The molecule has 0 fully saturated rings. The van der Waals surface area contributed by atoms with E-state index in [1.54, 1.807) is 18.2 Å². The lowest BCUT2D eigenvalue weighted by molar-refractivity contribution is 0.401. The predicted octanol–water partition coefficient (Wildman–Crippen LogP) is 1.80. The minimum atomic E-state index is 0.123. The van der Waals surface area contributed by atoms with Crippen LogP contribution >= 0.6 is 0 Å². The van der Waals surface area contributed by atoms with Gasteiger partial charge in [-0.15, -0.1) is 0 Å². The molecule has 1 aromatic carbocycles. The van der Waals surface area contributed by atoms with Crippen molar-refractivity contribution < 1.29 is 9.15 Å². The van der Waals surface area contributed by atoms with Crippen LogP contribution in [0.3, 0.4) is 0 Å². The van der Waals surface area contributed by atoms with Gasteiger partial charge in [0.1, 0.15) is 5.52 Å². The van der Waals surface area contributed by atoms with Crippen molar-refractivity contribution >= 4 is 17.0 Å². The molecule has 4 heteroatoms. The fourth-order valence-corrected chi connectivity index (χ4v) is 1.11. The molecule has 0 saturated heterocycles. The summed E-state index contributed by atoms with van der Waals surface area (Å²) in [5.74, 6) is 0.123. The average molecular weight is 176 g/mol. The van der Waals surface area contributed by atoms with Crippen LogP contribution in [0.1, 0.15) is 5.56 Å². The van der Waals surface area contributed by atoms with E-state index in [1.807, 2.05) is 0 Å². The van der Waals surface area contributed by atoms with Crippen LogP contribution in [0.15, 0.2) is 29.0 Å². The Balaban J connectivity index is 2.54. The van der Waals surface area contributed by atoms with Crippen LogP contribution in [0.25, 0.3) is 11.1 Å². The van der Waals surface area contributed by atoms with Crippen LogP contribution in [-0.2, 0) is 4.74 Å². The fourth-order valence-electron chi connectivity index (χ4n) is 1.11. The Bertz CT molecular complexity index is 448. The highest BCUT2D eigenvalue weighted by Gasteiger charge is 2.04. The van der Waals surface area contributed by atoms with Crippen LogP contribution in [-0.4, -0.2) is 18.0 Å². The first kappa shape index (κ1) is 7.79. The van der Waals surface area contributed by atoms with Crippen molar-refractivity contribution in [1.29, 1.82) is 5.41 Å². The smallest absolute Gasteiger partial charge is 0.213 e. The summed E-state index contributed by atoms with van der Waals surface area (Å²) < 4.78 is 9.87. The Labute approximate surface area is 74.7 Å². The lowest BCUT2D eigenvalue weighted by Gasteiger charge is -2.00. The van der Waals surface area contributed by atoms with Gasteiger partial charge in [0.2, 0.25) is 5.90 Å². The molecule has 1 N–H and O–H groups in total. The lowest BCUT2D eigenvalue weighted by Crippen LogP contribution is -2.00. The molecule has 1 aromatic heterocycles. The molecule has 4 nitrogen and oxygen atoms in total. The second kappa shape index (κ2) is 2.90. The SMILES string of the molecule is COC(=N)c1ccc2ncoc2c1. The number of aromatic nitrogens is 1. The largest absolute Gasteiger partial charge is 0.481 e. The Hall–Kier alpha value is -1.84. The van der Waals surface area contributed by atoms with Gasteiger partial charge in [0, 0.05) is 5.56 Å². The lowest BCUT2D eigenvalue weighted by atomic mass is 10.2. The van der Waals surface area contributed by atoms with Gasteiger partial charge in [-0.3, -0.25) is 5.41 Å². The average Bonchev–Trinajstić information content (AvgIpc) is 2.63. The molecule has 13 heavy (non-hydrogen) atoms. The van der Waals surface area contributed by atoms with Crippen LogP contribution in [0.4, 0.5) is 0 Å². The maximum atomic E-state index is 7.42. The standard InChI is InChI=1S/C9H8N2O2/c1-12-9(10)6-2-3-7-8(4-6)13-5-11-7/h2-5,10H,1H3. The number of ether oxygens (including phenoxy) is 1. The molecule has 0 aliphatic heterocycles. The van der Waals surface area contributed by atoms with Gasteiger partial charge in [0.25, 0.3) is 0 Å². The monoisotopic (exact) mass is 176 g/mol. The van der Waals surface area contributed by atoms with Gasteiger partial charge in [-0.05, 0) is 18.2 Å². The maximum Gasteiger partial charge on any atom is 0.213 e. The first-order valence-corrected chi connectivity index (χ1v) is 3.77. The molecular formula is C9H8N2O2. The quantitative estimate of drug-likeness (QED) is 0.532. The number of rotatable bonds is 1. The van der Waals surface area contributed by atoms with E-state index < -0.39 is 0 Å². The summed E-state index contributed by atoms with van der Waals surface area (Å²) in [5.41, 5.74) is 2.14. The highest BCUT2D eigenvalue weighted by Crippen LogP contribution is 2.14. The second-order valence-corrected chi connectivity index (χ2v) is 2.57. The molecule has 0 aliphatic rings. The topological polar surface area (TPSA) is 59.1 Å². The van der Waals surface area contributed by atoms with E-state index in [0.29, 0.717) is 11.1 Å². The van der Waals surface area contributed by atoms with Gasteiger partial charge in [-0.25, -0.2) is 4.98 Å². The summed E-state index contributed by atoms with van der Waals surface area (Å²) in [7, 11) is 1.47. The molecular weight excluding hydrogens is 168 g/mol. The summed E-state index contributed by atoms with van der Waals surface area (Å²) in [6.07, 6.45) is 1.38. The van der Waals surface area contributed by atoms with Crippen molar-refractivity contribution in [2.45, 2.75) is 0 Å². The summed E-state index contributed by atoms with van der Waals surface area (Å²) in [5, 5.41) is 7.42. The molecule has 0 saturated carbocycles. The number of benzene rings is 1. The van der Waals surface area contributed by atoms with Gasteiger partial charge in [0.15, 0.2) is 12.0 Å². The van der Waals surface area contributed by atoms with E-state index in [-0.39, 0.29) is 5.90 Å². The summed E-state index contributed by atoms with van der Waals surface area (Å²) in [6.45, 7) is 0. The van der Waals surface area contributed by atoms with Crippen molar-refractivity contribution in [3.8, 4) is 0 Å². The normalized spacial score (nSPS) is 10.2. The Morgan fingerprint density at radius 3 is 3.15 bits per heavy atom. The Morgan fingerprint density at radius 1 is 1.54 bits per heavy atom. The second-order valence-electron chi connectivity index (χ2n) is 2.57. The van der Waals surface area contributed by atoms with Crippen molar-refractivity contribution in [3.63, 3.8) is 0 Å². The number of nitrogens with one attached hydrogen (secondary N) is 1. The Morgan fingerprint density at radius 2 is 2.38 bits per heavy atom. The summed E-state index contributed by atoms with van der Waals surface area (Å²) >= 11 is 0. The molecule has 0 radical (unpaired) electrons. The van der Waals surface area contributed by atoms with Crippen LogP contribution in [0.5, 0.6) is 0 Å². The molecule has 0 amide bonds. The zero-order valence-corrected chi connectivity index (χ0v) is 7.07. The number of nitrogens with zero attached hydrogens (tertiary/aromatic N) is 1. The molecule has 66 valence electrons. The highest BCUT2D eigenvalue weighted by atomic mass is 16.5. The zero-order valence-electron chi connectivity index (χ0n) is 7.07. The minimum Gasteiger partial charge on any atom is -0.481 e. The summed E-state index contributed by atoms with van der Waals surface area (Å²) in [6, 6.07) is 5.30. The molecule has 1 heterocycles. The maximum absolute atomic E-state index is 7.42. The van der Waals surface area contributed by atoms with E-state index in [0.717, 1.165) is 5.52 Å². The molecule has 0 unspecified atom stereocenters.